The van der Waals surface area contributed by atoms with Crippen molar-refractivity contribution in [3.8, 4) is 5.75 Å². The molecule has 0 amide bonds. The lowest BCUT2D eigenvalue weighted by atomic mass is 10.2. The molecule has 0 atom stereocenters. The molecule has 0 aliphatic rings. The minimum Gasteiger partial charge on any atom is -0.506 e. The largest absolute Gasteiger partial charge is 0.506 e. The summed E-state index contributed by atoms with van der Waals surface area (Å²) >= 11 is 17.5. The van der Waals surface area contributed by atoms with Crippen LogP contribution >= 0.6 is 34.8 Å². The van der Waals surface area contributed by atoms with Crippen molar-refractivity contribution in [2.45, 2.75) is 6.54 Å². The van der Waals surface area contributed by atoms with Crippen molar-refractivity contribution in [2.75, 3.05) is 5.32 Å². The molecule has 2 aromatic rings. The number of rotatable bonds is 4. The van der Waals surface area contributed by atoms with Crippen LogP contribution < -0.4 is 5.32 Å². The van der Waals surface area contributed by atoms with E-state index < -0.39 is 4.92 Å². The number of aromatic hydroxyl groups is 1. The summed E-state index contributed by atoms with van der Waals surface area (Å²) in [6, 6.07) is 7.26. The minimum atomic E-state index is -0.561. The number of benzene rings is 2. The molecule has 0 radical (unpaired) electrons. The molecule has 5 nitrogen and oxygen atoms in total. The topological polar surface area (TPSA) is 75.4 Å². The van der Waals surface area contributed by atoms with Crippen LogP contribution in [0.3, 0.4) is 0 Å². The highest BCUT2D eigenvalue weighted by atomic mass is 35.5. The zero-order valence-corrected chi connectivity index (χ0v) is 12.7. The Hall–Kier alpha value is -1.69. The van der Waals surface area contributed by atoms with Gasteiger partial charge in [0.1, 0.15) is 10.8 Å². The Morgan fingerprint density at radius 1 is 1.14 bits per heavy atom. The lowest BCUT2D eigenvalue weighted by Gasteiger charge is -2.10. The van der Waals surface area contributed by atoms with Gasteiger partial charge in [-0.05, 0) is 24.3 Å². The third-order valence-electron chi connectivity index (χ3n) is 2.73. The Morgan fingerprint density at radius 3 is 2.48 bits per heavy atom. The van der Waals surface area contributed by atoms with E-state index in [1.54, 1.807) is 6.07 Å². The molecular weight excluding hydrogens is 339 g/mol. The van der Waals surface area contributed by atoms with Crippen molar-refractivity contribution < 1.29 is 10.0 Å². The second kappa shape index (κ2) is 6.39. The Labute approximate surface area is 135 Å². The van der Waals surface area contributed by atoms with E-state index in [0.29, 0.717) is 16.3 Å². The Bertz CT molecular complexity index is 707. The number of nitrogens with zero attached hydrogens (tertiary/aromatic N) is 1. The van der Waals surface area contributed by atoms with E-state index in [1.165, 1.54) is 24.3 Å². The number of nitro groups is 1. The van der Waals surface area contributed by atoms with Gasteiger partial charge in [-0.15, -0.1) is 0 Å². The van der Waals surface area contributed by atoms with Gasteiger partial charge in [-0.2, -0.15) is 0 Å². The molecule has 0 aliphatic heterocycles. The first-order valence-electron chi connectivity index (χ1n) is 5.73. The summed E-state index contributed by atoms with van der Waals surface area (Å²) in [7, 11) is 0. The third kappa shape index (κ3) is 3.69. The summed E-state index contributed by atoms with van der Waals surface area (Å²) in [5.41, 5.74) is 0.902. The highest BCUT2D eigenvalue weighted by Gasteiger charge is 2.12. The maximum Gasteiger partial charge on any atom is 0.288 e. The average Bonchev–Trinajstić information content (AvgIpc) is 2.40. The predicted molar refractivity (Wildman–Crippen MR) is 83.6 cm³/mol. The van der Waals surface area contributed by atoms with E-state index in [2.05, 4.69) is 5.32 Å². The highest BCUT2D eigenvalue weighted by molar-refractivity contribution is 6.35. The maximum absolute atomic E-state index is 10.7. The summed E-state index contributed by atoms with van der Waals surface area (Å²) in [5, 5.41) is 24.1. The second-order valence-electron chi connectivity index (χ2n) is 4.17. The summed E-state index contributed by atoms with van der Waals surface area (Å²) < 4.78 is 0. The number of phenols is 1. The lowest BCUT2D eigenvalue weighted by Crippen LogP contribution is -2.00. The fourth-order valence-corrected chi connectivity index (χ4v) is 2.50. The zero-order chi connectivity index (χ0) is 15.6. The molecule has 0 bridgehead atoms. The van der Waals surface area contributed by atoms with Gasteiger partial charge >= 0.3 is 0 Å². The maximum atomic E-state index is 10.7. The minimum absolute atomic E-state index is 0.0262. The van der Waals surface area contributed by atoms with Gasteiger partial charge in [0.25, 0.3) is 5.69 Å². The highest BCUT2D eigenvalue weighted by Crippen LogP contribution is 2.32. The molecule has 0 saturated carbocycles. The van der Waals surface area contributed by atoms with Gasteiger partial charge in [0.05, 0.1) is 9.95 Å². The quantitative estimate of drug-likeness (QED) is 0.611. The second-order valence-corrected chi connectivity index (χ2v) is 5.42. The van der Waals surface area contributed by atoms with Crippen LogP contribution in [0, 0.1) is 10.1 Å². The van der Waals surface area contributed by atoms with E-state index in [0.717, 1.165) is 0 Å². The van der Waals surface area contributed by atoms with Crippen molar-refractivity contribution in [2.24, 2.45) is 0 Å². The summed E-state index contributed by atoms with van der Waals surface area (Å²) in [6.07, 6.45) is 0. The molecule has 0 spiro atoms. The predicted octanol–water partition coefficient (Wildman–Crippen LogP) is 4.87. The lowest BCUT2D eigenvalue weighted by molar-refractivity contribution is -0.384. The van der Waals surface area contributed by atoms with Gasteiger partial charge < -0.3 is 10.4 Å². The molecule has 8 heteroatoms. The van der Waals surface area contributed by atoms with Gasteiger partial charge in [-0.3, -0.25) is 10.1 Å². The molecule has 21 heavy (non-hydrogen) atoms. The molecule has 0 aromatic heterocycles. The van der Waals surface area contributed by atoms with E-state index in [1.807, 2.05) is 0 Å². The SMILES string of the molecule is O=[N+]([O-])c1ccc(NCc2cc(Cl)cc(Cl)c2O)cc1Cl. The number of halogens is 3. The van der Waals surface area contributed by atoms with Crippen molar-refractivity contribution in [3.63, 3.8) is 0 Å². The van der Waals surface area contributed by atoms with Crippen LogP contribution in [0.5, 0.6) is 5.75 Å². The van der Waals surface area contributed by atoms with Gasteiger partial charge in [-0.25, -0.2) is 0 Å². The smallest absolute Gasteiger partial charge is 0.288 e. The van der Waals surface area contributed by atoms with Gasteiger partial charge in [0.15, 0.2) is 0 Å². The van der Waals surface area contributed by atoms with E-state index >= 15 is 0 Å². The number of hydrogen-bond acceptors (Lipinski definition) is 4. The Morgan fingerprint density at radius 2 is 1.86 bits per heavy atom. The van der Waals surface area contributed by atoms with Gasteiger partial charge in [0.2, 0.25) is 0 Å². The number of phenolic OH excluding ortho intramolecular Hbond substituents is 1. The van der Waals surface area contributed by atoms with Crippen molar-refractivity contribution in [3.05, 3.63) is 61.1 Å². The van der Waals surface area contributed by atoms with Crippen LogP contribution in [-0.4, -0.2) is 10.0 Å². The summed E-state index contributed by atoms with van der Waals surface area (Å²) in [5.74, 6) is -0.0680. The number of hydrogen-bond donors (Lipinski definition) is 2. The van der Waals surface area contributed by atoms with E-state index in [9.17, 15) is 15.2 Å². The number of nitrogens with one attached hydrogen (secondary N) is 1. The van der Waals surface area contributed by atoms with Gasteiger partial charge in [-0.1, -0.05) is 34.8 Å². The molecule has 0 unspecified atom stereocenters. The van der Waals surface area contributed by atoms with Crippen molar-refractivity contribution >= 4 is 46.2 Å². The first-order chi connectivity index (χ1) is 9.88. The summed E-state index contributed by atoms with van der Waals surface area (Å²) in [6.45, 7) is 0.236. The summed E-state index contributed by atoms with van der Waals surface area (Å²) in [4.78, 5) is 10.1. The monoisotopic (exact) mass is 346 g/mol. The van der Waals surface area contributed by atoms with E-state index in [-0.39, 0.29) is 28.0 Å². The molecule has 0 aliphatic carbocycles. The van der Waals surface area contributed by atoms with Crippen molar-refractivity contribution in [1.29, 1.82) is 0 Å². The first-order valence-corrected chi connectivity index (χ1v) is 6.86. The molecule has 0 fully saturated rings. The molecule has 110 valence electrons. The van der Waals surface area contributed by atoms with E-state index in [4.69, 9.17) is 34.8 Å². The van der Waals surface area contributed by atoms with Crippen LogP contribution in [0.4, 0.5) is 11.4 Å². The van der Waals surface area contributed by atoms with Crippen molar-refractivity contribution in [1.82, 2.24) is 0 Å². The van der Waals surface area contributed by atoms with Crippen LogP contribution in [0.2, 0.25) is 15.1 Å². The Kier molecular flexibility index (Phi) is 4.77. The normalized spacial score (nSPS) is 10.4. The fourth-order valence-electron chi connectivity index (χ4n) is 1.72. The fraction of sp³-hybridized carbons (Fsp3) is 0.0769. The molecular formula is C13H9Cl3N2O3. The van der Waals surface area contributed by atoms with Crippen LogP contribution in [0.25, 0.3) is 0 Å². The standard InChI is InChI=1S/C13H9Cl3N2O3/c14-8-3-7(13(19)11(16)4-8)6-17-9-1-2-12(18(20)21)10(15)5-9/h1-5,17,19H,6H2. The third-order valence-corrected chi connectivity index (χ3v) is 3.54. The molecule has 0 saturated heterocycles. The number of nitro benzene ring substituents is 1. The number of anilines is 1. The molecule has 2 N–H and O–H groups in total. The molecule has 2 rings (SSSR count). The Balaban J connectivity index is 2.17. The molecule has 2 aromatic carbocycles. The van der Waals surface area contributed by atoms with Gasteiger partial charge in [0, 0.05) is 28.9 Å². The van der Waals surface area contributed by atoms with Crippen LogP contribution in [-0.2, 0) is 6.54 Å². The van der Waals surface area contributed by atoms with Crippen LogP contribution in [0.15, 0.2) is 30.3 Å². The zero-order valence-electron chi connectivity index (χ0n) is 10.4. The first kappa shape index (κ1) is 15.7. The average molecular weight is 348 g/mol. The molecule has 0 heterocycles. The van der Waals surface area contributed by atoms with Crippen LogP contribution in [0.1, 0.15) is 5.56 Å².